The van der Waals surface area contributed by atoms with Crippen LogP contribution in [-0.2, 0) is 6.42 Å². The molecule has 1 amide bonds. The molecule has 0 spiro atoms. The van der Waals surface area contributed by atoms with Crippen molar-refractivity contribution in [3.63, 3.8) is 0 Å². The number of aromatic nitrogens is 2. The lowest BCUT2D eigenvalue weighted by molar-refractivity contribution is 0.102. The average Bonchev–Trinajstić information content (AvgIpc) is 2.66. The number of carbonyl (C=O) groups is 1. The van der Waals surface area contributed by atoms with Crippen LogP contribution in [0.2, 0.25) is 0 Å². The highest BCUT2D eigenvalue weighted by molar-refractivity contribution is 6.02. The molecule has 0 aliphatic rings. The number of nitrogens with one attached hydrogen (secondary N) is 2. The Hall–Kier alpha value is -3.35. The number of para-hydroxylation sites is 1. The summed E-state index contributed by atoms with van der Waals surface area (Å²) in [5.41, 5.74) is 0.640. The van der Waals surface area contributed by atoms with Gasteiger partial charge < -0.3 is 10.6 Å². The summed E-state index contributed by atoms with van der Waals surface area (Å²) in [4.78, 5) is 20.1. The van der Waals surface area contributed by atoms with Gasteiger partial charge in [0.05, 0.1) is 12.4 Å². The number of nitrogens with zero attached hydrogens (tertiary/aromatic N) is 2. The first kappa shape index (κ1) is 17.5. The number of hydrogen-bond acceptors (Lipinski definition) is 4. The molecule has 1 aromatic heterocycles. The third kappa shape index (κ3) is 4.38. The second-order valence-electron chi connectivity index (χ2n) is 5.50. The zero-order valence-corrected chi connectivity index (χ0v) is 13.7. The van der Waals surface area contributed by atoms with Crippen LogP contribution in [0, 0.1) is 11.6 Å². The molecule has 0 atom stereocenters. The van der Waals surface area contributed by atoms with E-state index < -0.39 is 23.2 Å². The fourth-order valence-corrected chi connectivity index (χ4v) is 2.31. The van der Waals surface area contributed by atoms with Gasteiger partial charge in [-0.15, -0.1) is 0 Å². The van der Waals surface area contributed by atoms with E-state index in [0.717, 1.165) is 18.6 Å². The summed E-state index contributed by atoms with van der Waals surface area (Å²) in [6.45, 7) is 0.657. The second-order valence-corrected chi connectivity index (χ2v) is 5.50. The number of hydrogen-bond donors (Lipinski definition) is 2. The molecular weight excluding hydrogens is 338 g/mol. The maximum Gasteiger partial charge on any atom is 0.276 e. The topological polar surface area (TPSA) is 66.9 Å². The van der Waals surface area contributed by atoms with Crippen LogP contribution in [-0.4, -0.2) is 22.4 Å². The van der Waals surface area contributed by atoms with Crippen LogP contribution in [0.15, 0.2) is 60.9 Å². The number of rotatable bonds is 6. The molecule has 132 valence electrons. The number of amides is 1. The molecule has 2 aromatic carbocycles. The fourth-order valence-electron chi connectivity index (χ4n) is 2.31. The van der Waals surface area contributed by atoms with Crippen LogP contribution in [0.5, 0.6) is 0 Å². The van der Waals surface area contributed by atoms with Crippen molar-refractivity contribution in [2.45, 2.75) is 6.42 Å². The third-order valence-corrected chi connectivity index (χ3v) is 3.65. The minimum absolute atomic E-state index is 0.0405. The predicted molar refractivity (Wildman–Crippen MR) is 95.0 cm³/mol. The van der Waals surface area contributed by atoms with Crippen molar-refractivity contribution in [1.82, 2.24) is 9.97 Å². The molecule has 3 aromatic rings. The molecule has 0 unspecified atom stereocenters. The van der Waals surface area contributed by atoms with Crippen LogP contribution >= 0.6 is 0 Å². The Morgan fingerprint density at radius 3 is 2.31 bits per heavy atom. The van der Waals surface area contributed by atoms with E-state index >= 15 is 0 Å². The van der Waals surface area contributed by atoms with Crippen molar-refractivity contribution in [2.24, 2.45) is 0 Å². The third-order valence-electron chi connectivity index (χ3n) is 3.65. The van der Waals surface area contributed by atoms with Gasteiger partial charge in [0.15, 0.2) is 0 Å². The van der Waals surface area contributed by atoms with Crippen LogP contribution in [0.3, 0.4) is 0 Å². The highest BCUT2D eigenvalue weighted by Crippen LogP contribution is 2.18. The average molecular weight is 354 g/mol. The summed E-state index contributed by atoms with van der Waals surface area (Å²) in [6, 6.07) is 13.3. The van der Waals surface area contributed by atoms with Crippen molar-refractivity contribution in [2.75, 3.05) is 17.2 Å². The van der Waals surface area contributed by atoms with E-state index in [0.29, 0.717) is 12.4 Å². The van der Waals surface area contributed by atoms with Gasteiger partial charge in [-0.2, -0.15) is 0 Å². The first-order valence-corrected chi connectivity index (χ1v) is 7.98. The van der Waals surface area contributed by atoms with E-state index in [1.807, 2.05) is 30.3 Å². The standard InChI is InChI=1S/C19H16F2N4O/c20-14-7-4-8-15(21)18(14)25-19(26)16-11-24-17(12-23-16)22-10-9-13-5-2-1-3-6-13/h1-8,11-12H,9-10H2,(H,22,24)(H,25,26). The number of carbonyl (C=O) groups excluding carboxylic acids is 1. The van der Waals surface area contributed by atoms with E-state index in [-0.39, 0.29) is 5.69 Å². The first-order valence-electron chi connectivity index (χ1n) is 7.98. The molecule has 26 heavy (non-hydrogen) atoms. The van der Waals surface area contributed by atoms with E-state index in [4.69, 9.17) is 0 Å². The summed E-state index contributed by atoms with van der Waals surface area (Å²) in [7, 11) is 0. The molecule has 0 aliphatic heterocycles. The zero-order valence-electron chi connectivity index (χ0n) is 13.7. The lowest BCUT2D eigenvalue weighted by Gasteiger charge is -2.08. The molecule has 0 radical (unpaired) electrons. The molecule has 2 N–H and O–H groups in total. The van der Waals surface area contributed by atoms with Gasteiger partial charge in [-0.1, -0.05) is 36.4 Å². The molecule has 0 saturated carbocycles. The Labute approximate surface area is 149 Å². The minimum atomic E-state index is -0.856. The van der Waals surface area contributed by atoms with Gasteiger partial charge in [-0.05, 0) is 24.1 Å². The van der Waals surface area contributed by atoms with Gasteiger partial charge in [0.1, 0.15) is 28.8 Å². The lowest BCUT2D eigenvalue weighted by Crippen LogP contribution is -2.16. The van der Waals surface area contributed by atoms with Crippen LogP contribution in [0.4, 0.5) is 20.3 Å². The molecule has 0 aliphatic carbocycles. The van der Waals surface area contributed by atoms with Crippen molar-refractivity contribution >= 4 is 17.4 Å². The summed E-state index contributed by atoms with van der Waals surface area (Å²) in [5, 5.41) is 5.27. The highest BCUT2D eigenvalue weighted by atomic mass is 19.1. The zero-order chi connectivity index (χ0) is 18.4. The Kier molecular flexibility index (Phi) is 5.48. The SMILES string of the molecule is O=C(Nc1c(F)cccc1F)c1cnc(NCCc2ccccc2)cn1. The summed E-state index contributed by atoms with van der Waals surface area (Å²) in [5.74, 6) is -1.94. The molecule has 0 bridgehead atoms. The van der Waals surface area contributed by atoms with Gasteiger partial charge >= 0.3 is 0 Å². The van der Waals surface area contributed by atoms with Crippen molar-refractivity contribution in [3.05, 3.63) is 83.8 Å². The molecule has 3 rings (SSSR count). The molecule has 0 fully saturated rings. The van der Waals surface area contributed by atoms with Gasteiger partial charge in [0.2, 0.25) is 0 Å². The molecule has 5 nitrogen and oxygen atoms in total. The molecule has 0 saturated heterocycles. The monoisotopic (exact) mass is 354 g/mol. The van der Waals surface area contributed by atoms with Gasteiger partial charge in [0, 0.05) is 6.54 Å². The Bertz CT molecular complexity index is 866. The largest absolute Gasteiger partial charge is 0.368 e. The summed E-state index contributed by atoms with van der Waals surface area (Å²) < 4.78 is 27.1. The minimum Gasteiger partial charge on any atom is -0.368 e. The van der Waals surface area contributed by atoms with Crippen LogP contribution in [0.25, 0.3) is 0 Å². The smallest absolute Gasteiger partial charge is 0.276 e. The quantitative estimate of drug-likeness (QED) is 0.709. The predicted octanol–water partition coefficient (Wildman–Crippen LogP) is 3.66. The second kappa shape index (κ2) is 8.15. The van der Waals surface area contributed by atoms with Crippen LogP contribution < -0.4 is 10.6 Å². The first-order chi connectivity index (χ1) is 12.6. The summed E-state index contributed by atoms with van der Waals surface area (Å²) >= 11 is 0. The number of halogens is 2. The Balaban J connectivity index is 1.57. The summed E-state index contributed by atoms with van der Waals surface area (Å²) in [6.07, 6.45) is 3.47. The van der Waals surface area contributed by atoms with E-state index in [1.165, 1.54) is 24.0 Å². The van der Waals surface area contributed by atoms with E-state index in [9.17, 15) is 13.6 Å². The lowest BCUT2D eigenvalue weighted by atomic mass is 10.1. The fraction of sp³-hybridized carbons (Fsp3) is 0.105. The Morgan fingerprint density at radius 1 is 0.923 bits per heavy atom. The van der Waals surface area contributed by atoms with Crippen molar-refractivity contribution in [1.29, 1.82) is 0 Å². The van der Waals surface area contributed by atoms with Crippen molar-refractivity contribution < 1.29 is 13.6 Å². The van der Waals surface area contributed by atoms with E-state index in [2.05, 4.69) is 20.6 Å². The van der Waals surface area contributed by atoms with Gasteiger partial charge in [-0.3, -0.25) is 4.79 Å². The molecule has 1 heterocycles. The molecule has 7 heteroatoms. The highest BCUT2D eigenvalue weighted by Gasteiger charge is 2.14. The number of anilines is 2. The maximum absolute atomic E-state index is 13.6. The van der Waals surface area contributed by atoms with Gasteiger partial charge in [-0.25, -0.2) is 18.7 Å². The van der Waals surface area contributed by atoms with Crippen molar-refractivity contribution in [3.8, 4) is 0 Å². The number of benzene rings is 2. The van der Waals surface area contributed by atoms with Gasteiger partial charge in [0.25, 0.3) is 5.91 Å². The van der Waals surface area contributed by atoms with Crippen LogP contribution in [0.1, 0.15) is 16.1 Å². The maximum atomic E-state index is 13.6. The van der Waals surface area contributed by atoms with E-state index in [1.54, 1.807) is 0 Å². The molecular formula is C19H16F2N4O. The Morgan fingerprint density at radius 2 is 1.65 bits per heavy atom. The normalized spacial score (nSPS) is 10.4.